The number of nitrogens with one attached hydrogen (secondary N) is 1. The van der Waals surface area contributed by atoms with Gasteiger partial charge in [-0.15, -0.1) is 0 Å². The molecule has 0 aliphatic heterocycles. The molecule has 0 saturated carbocycles. The van der Waals surface area contributed by atoms with Gasteiger partial charge in [-0.2, -0.15) is 0 Å². The maximum atomic E-state index is 11.1. The van der Waals surface area contributed by atoms with Crippen LogP contribution in [0.2, 0.25) is 0 Å². The number of nitrogens with two attached hydrogens (primary N) is 3. The van der Waals surface area contributed by atoms with Gasteiger partial charge >= 0.3 is 0 Å². The fourth-order valence-corrected chi connectivity index (χ4v) is 1.81. The second-order valence-electron chi connectivity index (χ2n) is 3.08. The van der Waals surface area contributed by atoms with E-state index in [2.05, 4.69) is 5.32 Å². The van der Waals surface area contributed by atoms with Gasteiger partial charge in [0.05, 0.1) is 17.9 Å². The number of carbonyl (C=O) groups is 1. The van der Waals surface area contributed by atoms with Crippen LogP contribution in [0, 0.1) is 0 Å². The van der Waals surface area contributed by atoms with Crippen LogP contribution in [0.5, 0.6) is 0 Å². The van der Waals surface area contributed by atoms with Crippen molar-refractivity contribution in [3.63, 3.8) is 0 Å². The smallest absolute Gasteiger partial charge is 0.240 e. The minimum atomic E-state index is -3.88. The van der Waals surface area contributed by atoms with E-state index in [1.54, 1.807) is 0 Å². The van der Waals surface area contributed by atoms with E-state index >= 15 is 0 Å². The summed E-state index contributed by atoms with van der Waals surface area (Å²) in [6.07, 6.45) is 0. The lowest BCUT2D eigenvalue weighted by molar-refractivity contribution is -0.116. The lowest BCUT2D eigenvalue weighted by Crippen LogP contribution is -2.23. The average Bonchev–Trinajstić information content (AvgIpc) is 2.14. The maximum absolute atomic E-state index is 11.1. The zero-order chi connectivity index (χ0) is 12.3. The number of amides is 1. The molecule has 0 aromatic heterocycles. The van der Waals surface area contributed by atoms with Gasteiger partial charge in [-0.1, -0.05) is 6.07 Å². The van der Waals surface area contributed by atoms with E-state index in [1.807, 2.05) is 0 Å². The van der Waals surface area contributed by atoms with Crippen LogP contribution in [0.25, 0.3) is 0 Å². The Balaban J connectivity index is 3.10. The molecule has 0 fully saturated rings. The van der Waals surface area contributed by atoms with E-state index in [4.69, 9.17) is 16.6 Å². The van der Waals surface area contributed by atoms with Gasteiger partial charge < -0.3 is 16.8 Å². The van der Waals surface area contributed by atoms with Gasteiger partial charge in [0.25, 0.3) is 0 Å². The zero-order valence-corrected chi connectivity index (χ0v) is 9.12. The standard InChI is InChI=1S/C8H12N4O3S/c9-7(13)4-12-5-2-1-3-6(8(5)10)16(11,14)15/h1-3,12H,4,10H2,(H2,9,13)(H2,11,14,15). The molecular weight excluding hydrogens is 232 g/mol. The number of para-hydroxylation sites is 1. The second-order valence-corrected chi connectivity index (χ2v) is 4.61. The molecule has 16 heavy (non-hydrogen) atoms. The highest BCUT2D eigenvalue weighted by molar-refractivity contribution is 7.89. The van der Waals surface area contributed by atoms with Crippen molar-refractivity contribution in [2.45, 2.75) is 4.90 Å². The molecule has 7 nitrogen and oxygen atoms in total. The third-order valence-corrected chi connectivity index (χ3v) is 2.79. The van der Waals surface area contributed by atoms with Crippen LogP contribution in [0.1, 0.15) is 0 Å². The van der Waals surface area contributed by atoms with Gasteiger partial charge in [-0.3, -0.25) is 4.79 Å². The topological polar surface area (TPSA) is 141 Å². The normalized spacial score (nSPS) is 11.1. The summed E-state index contributed by atoms with van der Waals surface area (Å²) in [5.41, 5.74) is 10.8. The Labute approximate surface area is 92.7 Å². The van der Waals surface area contributed by atoms with Crippen LogP contribution < -0.4 is 21.9 Å². The Morgan fingerprint density at radius 2 is 2.00 bits per heavy atom. The van der Waals surface area contributed by atoms with Gasteiger partial charge in [-0.05, 0) is 12.1 Å². The summed E-state index contributed by atoms with van der Waals surface area (Å²) in [5, 5.41) is 7.56. The number of hydrogen-bond acceptors (Lipinski definition) is 5. The quantitative estimate of drug-likeness (QED) is 0.493. The van der Waals surface area contributed by atoms with Crippen molar-refractivity contribution in [1.82, 2.24) is 0 Å². The highest BCUT2D eigenvalue weighted by Crippen LogP contribution is 2.25. The first kappa shape index (κ1) is 12.3. The Morgan fingerprint density at radius 1 is 1.38 bits per heavy atom. The lowest BCUT2D eigenvalue weighted by atomic mass is 10.2. The van der Waals surface area contributed by atoms with E-state index in [1.165, 1.54) is 18.2 Å². The molecule has 0 radical (unpaired) electrons. The van der Waals surface area contributed by atoms with Crippen molar-refractivity contribution in [2.75, 3.05) is 17.6 Å². The Hall–Kier alpha value is -1.80. The SMILES string of the molecule is NC(=O)CNc1cccc(S(N)(=O)=O)c1N. The summed E-state index contributed by atoms with van der Waals surface area (Å²) in [5.74, 6) is -0.583. The molecule has 7 N–H and O–H groups in total. The molecule has 88 valence electrons. The Kier molecular flexibility index (Phi) is 3.35. The molecule has 0 saturated heterocycles. The Morgan fingerprint density at radius 3 is 2.50 bits per heavy atom. The first-order valence-electron chi connectivity index (χ1n) is 4.26. The number of carbonyl (C=O) groups excluding carboxylic acids is 1. The summed E-state index contributed by atoms with van der Waals surface area (Å²) in [6, 6.07) is 4.26. The number of rotatable bonds is 4. The van der Waals surface area contributed by atoms with Gasteiger partial charge in [0, 0.05) is 0 Å². The van der Waals surface area contributed by atoms with Crippen molar-refractivity contribution in [1.29, 1.82) is 0 Å². The minimum absolute atomic E-state index is 0.0359. The van der Waals surface area contributed by atoms with Crippen molar-refractivity contribution in [3.05, 3.63) is 18.2 Å². The van der Waals surface area contributed by atoms with Crippen molar-refractivity contribution in [3.8, 4) is 0 Å². The molecule has 0 aliphatic carbocycles. The number of hydrogen-bond donors (Lipinski definition) is 4. The maximum Gasteiger partial charge on any atom is 0.240 e. The van der Waals surface area contributed by atoms with E-state index in [-0.39, 0.29) is 17.1 Å². The van der Waals surface area contributed by atoms with E-state index < -0.39 is 15.9 Å². The zero-order valence-electron chi connectivity index (χ0n) is 8.30. The molecule has 1 aromatic rings. The number of primary sulfonamides is 1. The van der Waals surface area contributed by atoms with Crippen LogP contribution in [0.15, 0.2) is 23.1 Å². The van der Waals surface area contributed by atoms with Gasteiger partial charge in [0.1, 0.15) is 4.90 Å². The molecule has 0 atom stereocenters. The van der Waals surface area contributed by atoms with E-state index in [0.717, 1.165) is 0 Å². The molecule has 0 aliphatic rings. The fraction of sp³-hybridized carbons (Fsp3) is 0.125. The molecule has 1 rings (SSSR count). The molecule has 8 heteroatoms. The molecular formula is C8H12N4O3S. The van der Waals surface area contributed by atoms with E-state index in [9.17, 15) is 13.2 Å². The van der Waals surface area contributed by atoms with Crippen LogP contribution in [-0.2, 0) is 14.8 Å². The lowest BCUT2D eigenvalue weighted by Gasteiger charge is -2.10. The molecule has 0 bridgehead atoms. The molecule has 0 heterocycles. The van der Waals surface area contributed by atoms with Crippen molar-refractivity contribution in [2.24, 2.45) is 10.9 Å². The molecule has 1 amide bonds. The van der Waals surface area contributed by atoms with Crippen molar-refractivity contribution < 1.29 is 13.2 Å². The van der Waals surface area contributed by atoms with Crippen LogP contribution in [-0.4, -0.2) is 20.9 Å². The summed E-state index contributed by atoms with van der Waals surface area (Å²) in [4.78, 5) is 10.3. The number of nitrogen functional groups attached to an aromatic ring is 1. The first-order valence-corrected chi connectivity index (χ1v) is 5.80. The second kappa shape index (κ2) is 4.37. The van der Waals surface area contributed by atoms with Gasteiger partial charge in [0.2, 0.25) is 15.9 Å². The number of sulfonamides is 1. The van der Waals surface area contributed by atoms with Crippen molar-refractivity contribution >= 4 is 27.3 Å². The third kappa shape index (κ3) is 2.84. The Bertz CT molecular complexity index is 512. The molecule has 1 aromatic carbocycles. The van der Waals surface area contributed by atoms with Gasteiger partial charge in [-0.25, -0.2) is 13.6 Å². The predicted molar refractivity (Wildman–Crippen MR) is 59.9 cm³/mol. The summed E-state index contributed by atoms with van der Waals surface area (Å²) < 4.78 is 22.2. The summed E-state index contributed by atoms with van der Waals surface area (Å²) in [7, 11) is -3.88. The van der Waals surface area contributed by atoms with E-state index in [0.29, 0.717) is 5.69 Å². The van der Waals surface area contributed by atoms with Crippen LogP contribution >= 0.6 is 0 Å². The highest BCUT2D eigenvalue weighted by atomic mass is 32.2. The monoisotopic (exact) mass is 244 g/mol. The number of benzene rings is 1. The number of primary amides is 1. The highest BCUT2D eigenvalue weighted by Gasteiger charge is 2.14. The first-order chi connectivity index (χ1) is 7.32. The molecule has 0 unspecified atom stereocenters. The third-order valence-electron chi connectivity index (χ3n) is 1.83. The summed E-state index contributed by atoms with van der Waals surface area (Å²) >= 11 is 0. The van der Waals surface area contributed by atoms with Crippen LogP contribution in [0.3, 0.4) is 0 Å². The van der Waals surface area contributed by atoms with Crippen LogP contribution in [0.4, 0.5) is 11.4 Å². The average molecular weight is 244 g/mol. The largest absolute Gasteiger partial charge is 0.396 e. The molecule has 0 spiro atoms. The minimum Gasteiger partial charge on any atom is -0.396 e. The van der Waals surface area contributed by atoms with Gasteiger partial charge in [0.15, 0.2) is 0 Å². The summed E-state index contributed by atoms with van der Waals surface area (Å²) in [6.45, 7) is -0.141. The fourth-order valence-electron chi connectivity index (χ4n) is 1.13. The predicted octanol–water partition coefficient (Wildman–Crippen LogP) is -1.19. The number of anilines is 2.